The lowest BCUT2D eigenvalue weighted by Crippen LogP contribution is -2.15. The number of carboxylic acid groups (broad SMARTS) is 1. The van der Waals surface area contributed by atoms with Crippen molar-refractivity contribution in [3.63, 3.8) is 0 Å². The molecule has 0 saturated carbocycles. The van der Waals surface area contributed by atoms with Crippen LogP contribution in [0.3, 0.4) is 0 Å². The van der Waals surface area contributed by atoms with Crippen LogP contribution in [-0.2, 0) is 4.79 Å². The highest BCUT2D eigenvalue weighted by Gasteiger charge is 2.25. The van der Waals surface area contributed by atoms with E-state index in [0.717, 1.165) is 12.1 Å². The number of carbonyl (C=O) groups is 2. The Labute approximate surface area is 107 Å². The van der Waals surface area contributed by atoms with Gasteiger partial charge < -0.3 is 5.11 Å². The van der Waals surface area contributed by atoms with Gasteiger partial charge in [0, 0.05) is 30.3 Å². The van der Waals surface area contributed by atoms with E-state index in [1.807, 2.05) is 5.32 Å². The summed E-state index contributed by atoms with van der Waals surface area (Å²) >= 11 is 0. The summed E-state index contributed by atoms with van der Waals surface area (Å²) in [5.41, 5.74) is -0.530. The first kappa shape index (κ1) is 13.1. The summed E-state index contributed by atoms with van der Waals surface area (Å²) < 4.78 is 27.6. The van der Waals surface area contributed by atoms with E-state index in [9.17, 15) is 18.4 Å². The quantitative estimate of drug-likeness (QED) is 0.865. The molecule has 19 heavy (non-hydrogen) atoms. The van der Waals surface area contributed by atoms with E-state index in [1.54, 1.807) is 0 Å². The Bertz CT molecular complexity index is 549. The maximum absolute atomic E-state index is 13.8. The third kappa shape index (κ3) is 2.93. The average molecular weight is 268 g/mol. The van der Waals surface area contributed by atoms with Gasteiger partial charge in [0.15, 0.2) is 0 Å². The van der Waals surface area contributed by atoms with Gasteiger partial charge in [-0.05, 0) is 12.1 Å². The summed E-state index contributed by atoms with van der Waals surface area (Å²) in [6.45, 7) is 0. The van der Waals surface area contributed by atoms with Crippen molar-refractivity contribution in [2.75, 3.05) is 5.32 Å². The van der Waals surface area contributed by atoms with Crippen LogP contribution in [0.5, 0.6) is 0 Å². The number of Topliss-reactive ketones (excluding diaryl/α,β-unsaturated/α-hetero) is 1. The van der Waals surface area contributed by atoms with Gasteiger partial charge in [-0.3, -0.25) is 15.1 Å². The predicted molar refractivity (Wildman–Crippen MR) is 63.5 cm³/mol. The van der Waals surface area contributed by atoms with Crippen LogP contribution in [0.1, 0.15) is 24.4 Å². The molecule has 0 radical (unpaired) electrons. The molecule has 1 heterocycles. The Balaban J connectivity index is 2.36. The lowest BCUT2D eigenvalue weighted by Gasteiger charge is -2.17. The van der Waals surface area contributed by atoms with Crippen LogP contribution in [0.25, 0.3) is 0 Å². The average Bonchev–Trinajstić information content (AvgIpc) is 2.26. The third-order valence-electron chi connectivity index (χ3n) is 2.69. The number of hydrogen-bond acceptors (Lipinski definition) is 3. The normalized spacial score (nSPS) is 18.4. The van der Waals surface area contributed by atoms with E-state index in [-0.39, 0.29) is 29.9 Å². The number of nitrogens with one attached hydrogen (secondary N) is 1. The van der Waals surface area contributed by atoms with Crippen LogP contribution in [0.2, 0.25) is 0 Å². The molecular formula is C12H10F2N2O3. The Hall–Kier alpha value is -2.31. The number of ketones is 1. The van der Waals surface area contributed by atoms with Gasteiger partial charge in [-0.2, -0.15) is 0 Å². The number of rotatable bonds is 2. The highest BCUT2D eigenvalue weighted by Crippen LogP contribution is 2.31. The highest BCUT2D eigenvalue weighted by atomic mass is 19.1. The summed E-state index contributed by atoms with van der Waals surface area (Å²) in [5.74, 6) is -2.01. The first-order valence-corrected chi connectivity index (χ1v) is 5.49. The van der Waals surface area contributed by atoms with E-state index < -0.39 is 23.8 Å². The minimum absolute atomic E-state index is 0.0595. The van der Waals surface area contributed by atoms with Crippen molar-refractivity contribution < 1.29 is 23.5 Å². The molecule has 0 aliphatic carbocycles. The fraction of sp³-hybridized carbons (Fsp3) is 0.250. The van der Waals surface area contributed by atoms with Crippen molar-refractivity contribution in [1.29, 1.82) is 0 Å². The van der Waals surface area contributed by atoms with Gasteiger partial charge in [0.25, 0.3) is 0 Å². The molecule has 0 fully saturated rings. The molecule has 7 heteroatoms. The monoisotopic (exact) mass is 268 g/mol. The van der Waals surface area contributed by atoms with Crippen LogP contribution in [-0.4, -0.2) is 23.2 Å². The number of benzene rings is 1. The zero-order valence-corrected chi connectivity index (χ0v) is 9.69. The SMILES string of the molecule is O=C1CC=NC(c2c(F)cc(NC(=O)O)cc2F)C1. The van der Waals surface area contributed by atoms with Crippen LogP contribution >= 0.6 is 0 Å². The fourth-order valence-corrected chi connectivity index (χ4v) is 1.91. The highest BCUT2D eigenvalue weighted by molar-refractivity contribution is 5.93. The van der Waals surface area contributed by atoms with Crippen molar-refractivity contribution >= 4 is 23.8 Å². The number of amides is 1. The van der Waals surface area contributed by atoms with E-state index in [0.29, 0.717) is 0 Å². The summed E-state index contributed by atoms with van der Waals surface area (Å²) in [6.07, 6.45) is 0.0187. The summed E-state index contributed by atoms with van der Waals surface area (Å²) in [5, 5.41) is 10.3. The smallest absolute Gasteiger partial charge is 0.409 e. The van der Waals surface area contributed by atoms with E-state index in [2.05, 4.69) is 4.99 Å². The maximum atomic E-state index is 13.8. The number of aliphatic imine (C=N–C) groups is 1. The molecule has 1 atom stereocenters. The first-order valence-electron chi connectivity index (χ1n) is 5.49. The maximum Gasteiger partial charge on any atom is 0.409 e. The Morgan fingerprint density at radius 3 is 2.53 bits per heavy atom. The first-order chi connectivity index (χ1) is 8.97. The van der Waals surface area contributed by atoms with Gasteiger partial charge in [-0.1, -0.05) is 0 Å². The van der Waals surface area contributed by atoms with Crippen LogP contribution in [0.4, 0.5) is 19.3 Å². The summed E-state index contributed by atoms with van der Waals surface area (Å²) in [4.78, 5) is 25.6. The zero-order valence-electron chi connectivity index (χ0n) is 9.69. The van der Waals surface area contributed by atoms with Gasteiger partial charge in [0.2, 0.25) is 0 Å². The molecule has 0 bridgehead atoms. The molecule has 1 aromatic carbocycles. The van der Waals surface area contributed by atoms with Gasteiger partial charge >= 0.3 is 6.09 Å². The molecule has 1 aliphatic heterocycles. The van der Waals surface area contributed by atoms with Gasteiger partial charge in [0.05, 0.1) is 6.04 Å². The van der Waals surface area contributed by atoms with Gasteiger partial charge in [-0.25, -0.2) is 13.6 Å². The van der Waals surface area contributed by atoms with Crippen LogP contribution in [0.15, 0.2) is 17.1 Å². The van der Waals surface area contributed by atoms with Gasteiger partial charge in [0.1, 0.15) is 17.4 Å². The van der Waals surface area contributed by atoms with E-state index in [1.165, 1.54) is 6.21 Å². The molecule has 1 amide bonds. The molecule has 2 rings (SSSR count). The number of anilines is 1. The second-order valence-electron chi connectivity index (χ2n) is 4.08. The molecule has 2 N–H and O–H groups in total. The summed E-state index contributed by atoms with van der Waals surface area (Å²) in [7, 11) is 0. The molecule has 0 spiro atoms. The van der Waals surface area contributed by atoms with Gasteiger partial charge in [-0.15, -0.1) is 0 Å². The number of halogens is 2. The molecule has 0 aromatic heterocycles. The summed E-state index contributed by atoms with van der Waals surface area (Å²) in [6, 6.07) is 0.836. The van der Waals surface area contributed by atoms with Crippen molar-refractivity contribution in [3.05, 3.63) is 29.3 Å². The Morgan fingerprint density at radius 1 is 1.37 bits per heavy atom. The van der Waals surface area contributed by atoms with Crippen molar-refractivity contribution in [2.24, 2.45) is 4.99 Å². The molecule has 1 unspecified atom stereocenters. The lowest BCUT2D eigenvalue weighted by atomic mass is 9.97. The fourth-order valence-electron chi connectivity index (χ4n) is 1.91. The second kappa shape index (κ2) is 5.13. The molecule has 5 nitrogen and oxygen atoms in total. The minimum Gasteiger partial charge on any atom is -0.465 e. The van der Waals surface area contributed by atoms with E-state index >= 15 is 0 Å². The van der Waals surface area contributed by atoms with Crippen molar-refractivity contribution in [3.8, 4) is 0 Å². The molecule has 1 aliphatic rings. The largest absolute Gasteiger partial charge is 0.465 e. The molecule has 100 valence electrons. The minimum atomic E-state index is -1.42. The third-order valence-corrected chi connectivity index (χ3v) is 2.69. The Kier molecular flexibility index (Phi) is 3.55. The Morgan fingerprint density at radius 2 is 2.00 bits per heavy atom. The predicted octanol–water partition coefficient (Wildman–Crippen LogP) is 2.53. The second-order valence-corrected chi connectivity index (χ2v) is 4.08. The molecule has 0 saturated heterocycles. The van der Waals surface area contributed by atoms with E-state index in [4.69, 9.17) is 5.11 Å². The number of nitrogens with zero attached hydrogens (tertiary/aromatic N) is 1. The zero-order chi connectivity index (χ0) is 14.0. The standard InChI is InChI=1S/C12H10F2N2O3/c13-8-3-6(16-12(18)19)4-9(14)11(8)10-5-7(17)1-2-15-10/h2-4,10,16H,1,5H2,(H,18,19). The molecular weight excluding hydrogens is 258 g/mol. The number of carbonyl (C=O) groups excluding carboxylic acids is 1. The van der Waals surface area contributed by atoms with Crippen LogP contribution < -0.4 is 5.32 Å². The lowest BCUT2D eigenvalue weighted by molar-refractivity contribution is -0.118. The van der Waals surface area contributed by atoms with Crippen LogP contribution in [0, 0.1) is 11.6 Å². The number of hydrogen-bond donors (Lipinski definition) is 2. The van der Waals surface area contributed by atoms with Crippen molar-refractivity contribution in [2.45, 2.75) is 18.9 Å². The topological polar surface area (TPSA) is 78.8 Å². The van der Waals surface area contributed by atoms with Crippen molar-refractivity contribution in [1.82, 2.24) is 0 Å². The molecule has 1 aromatic rings.